The molecule has 1 aliphatic rings. The molecule has 82 valence electrons. The summed E-state index contributed by atoms with van der Waals surface area (Å²) in [6, 6.07) is 5.09. The Balaban J connectivity index is 2.22. The van der Waals surface area contributed by atoms with Crippen molar-refractivity contribution in [2.45, 2.75) is 25.7 Å². The van der Waals surface area contributed by atoms with Crippen LogP contribution in [0.5, 0.6) is 0 Å². The highest BCUT2D eigenvalue weighted by molar-refractivity contribution is 5.86. The van der Waals surface area contributed by atoms with E-state index >= 15 is 0 Å². The molecule has 1 aliphatic carbocycles. The lowest BCUT2D eigenvalue weighted by Crippen LogP contribution is -1.99. The monoisotopic (exact) mass is 216 g/mol. The van der Waals surface area contributed by atoms with Crippen LogP contribution in [0, 0.1) is 10.1 Å². The van der Waals surface area contributed by atoms with Gasteiger partial charge < -0.3 is 4.98 Å². The molecule has 1 heterocycles. The van der Waals surface area contributed by atoms with Gasteiger partial charge in [-0.15, -0.1) is 0 Å². The fraction of sp³-hybridized carbons (Fsp3) is 0.333. The van der Waals surface area contributed by atoms with E-state index in [4.69, 9.17) is 0 Å². The largest absolute Gasteiger partial charge is 0.358 e. The van der Waals surface area contributed by atoms with Crippen LogP contribution in [0.25, 0.3) is 10.9 Å². The molecule has 1 N–H and O–H groups in total. The fourth-order valence-corrected chi connectivity index (χ4v) is 2.52. The number of aromatic nitrogens is 1. The Labute approximate surface area is 92.4 Å². The minimum absolute atomic E-state index is 0.158. The number of H-pyrrole nitrogens is 1. The second-order valence-electron chi connectivity index (χ2n) is 4.28. The lowest BCUT2D eigenvalue weighted by molar-refractivity contribution is -0.384. The molecule has 0 radical (unpaired) electrons. The number of nitrogens with zero attached hydrogens (tertiary/aromatic N) is 1. The molecule has 3 rings (SSSR count). The summed E-state index contributed by atoms with van der Waals surface area (Å²) in [5.41, 5.74) is 3.69. The van der Waals surface area contributed by atoms with E-state index in [2.05, 4.69) is 4.98 Å². The molecule has 4 heteroatoms. The lowest BCUT2D eigenvalue weighted by Gasteiger charge is -2.10. The third-order valence-corrected chi connectivity index (χ3v) is 3.29. The van der Waals surface area contributed by atoms with Crippen LogP contribution in [0.15, 0.2) is 18.2 Å². The molecule has 0 amide bonds. The van der Waals surface area contributed by atoms with Crippen LogP contribution >= 0.6 is 0 Å². The molecule has 0 saturated carbocycles. The minimum atomic E-state index is -0.348. The number of hydrogen-bond donors (Lipinski definition) is 1. The highest BCUT2D eigenvalue weighted by atomic mass is 16.6. The van der Waals surface area contributed by atoms with Crippen molar-refractivity contribution in [1.29, 1.82) is 0 Å². The first-order chi connectivity index (χ1) is 7.75. The maximum absolute atomic E-state index is 10.7. The van der Waals surface area contributed by atoms with Crippen LogP contribution < -0.4 is 0 Å². The zero-order valence-corrected chi connectivity index (χ0v) is 8.82. The number of nitro groups is 1. The molecule has 0 saturated heterocycles. The average molecular weight is 216 g/mol. The summed E-state index contributed by atoms with van der Waals surface area (Å²) in [7, 11) is 0. The Hall–Kier alpha value is -1.84. The van der Waals surface area contributed by atoms with Gasteiger partial charge in [0.1, 0.15) is 0 Å². The number of nitro benzene ring substituents is 1. The Kier molecular flexibility index (Phi) is 1.96. The van der Waals surface area contributed by atoms with E-state index in [0.717, 1.165) is 23.7 Å². The molecule has 0 fully saturated rings. The molecule has 0 bridgehead atoms. The number of aryl methyl sites for hydroxylation is 2. The van der Waals surface area contributed by atoms with Crippen molar-refractivity contribution in [1.82, 2.24) is 4.98 Å². The van der Waals surface area contributed by atoms with Crippen LogP contribution in [0.1, 0.15) is 24.1 Å². The van der Waals surface area contributed by atoms with Gasteiger partial charge in [-0.1, -0.05) is 0 Å². The summed E-state index contributed by atoms with van der Waals surface area (Å²) >= 11 is 0. The van der Waals surface area contributed by atoms with Crippen LogP contribution in [-0.4, -0.2) is 9.91 Å². The predicted octanol–water partition coefficient (Wildman–Crippen LogP) is 2.95. The topological polar surface area (TPSA) is 58.9 Å². The van der Waals surface area contributed by atoms with Crippen LogP contribution in [0.2, 0.25) is 0 Å². The predicted molar refractivity (Wildman–Crippen MR) is 61.6 cm³/mol. The van der Waals surface area contributed by atoms with Crippen molar-refractivity contribution >= 4 is 16.6 Å². The van der Waals surface area contributed by atoms with Crippen LogP contribution in [-0.2, 0) is 12.8 Å². The first-order valence-corrected chi connectivity index (χ1v) is 5.53. The zero-order valence-electron chi connectivity index (χ0n) is 8.82. The van der Waals surface area contributed by atoms with Gasteiger partial charge in [0.15, 0.2) is 0 Å². The minimum Gasteiger partial charge on any atom is -0.358 e. The maximum Gasteiger partial charge on any atom is 0.271 e. The van der Waals surface area contributed by atoms with Gasteiger partial charge in [0.05, 0.1) is 10.4 Å². The number of fused-ring (bicyclic) bond motifs is 3. The quantitative estimate of drug-likeness (QED) is 0.588. The molecule has 16 heavy (non-hydrogen) atoms. The van der Waals surface area contributed by atoms with Gasteiger partial charge in [-0.25, -0.2) is 0 Å². The summed E-state index contributed by atoms with van der Waals surface area (Å²) in [6.07, 6.45) is 4.59. The van der Waals surface area contributed by atoms with E-state index in [0.29, 0.717) is 0 Å². The van der Waals surface area contributed by atoms with Gasteiger partial charge >= 0.3 is 0 Å². The molecule has 2 aromatic rings. The van der Waals surface area contributed by atoms with Gasteiger partial charge in [-0.3, -0.25) is 10.1 Å². The molecule has 0 atom stereocenters. The summed E-state index contributed by atoms with van der Waals surface area (Å²) in [6.45, 7) is 0. The van der Waals surface area contributed by atoms with Crippen molar-refractivity contribution in [3.8, 4) is 0 Å². The van der Waals surface area contributed by atoms with E-state index in [1.807, 2.05) is 6.07 Å². The SMILES string of the molecule is O=[N+]([O-])c1ccc2c3c([nH]c2c1)CCCC3. The van der Waals surface area contributed by atoms with E-state index in [1.165, 1.54) is 24.1 Å². The highest BCUT2D eigenvalue weighted by Gasteiger charge is 2.16. The molecule has 0 unspecified atom stereocenters. The second kappa shape index (κ2) is 3.33. The zero-order chi connectivity index (χ0) is 11.1. The Morgan fingerprint density at radius 2 is 2.06 bits per heavy atom. The standard InChI is InChI=1S/C12H12N2O2/c15-14(16)8-5-6-10-9-3-1-2-4-11(9)13-12(10)7-8/h5-7,13H,1-4H2. The van der Waals surface area contributed by atoms with Gasteiger partial charge in [-0.2, -0.15) is 0 Å². The molecule has 0 aliphatic heterocycles. The molecular weight excluding hydrogens is 204 g/mol. The van der Waals surface area contributed by atoms with Crippen molar-refractivity contribution in [3.63, 3.8) is 0 Å². The van der Waals surface area contributed by atoms with Crippen molar-refractivity contribution in [2.75, 3.05) is 0 Å². The number of hydrogen-bond acceptors (Lipinski definition) is 2. The van der Waals surface area contributed by atoms with Crippen molar-refractivity contribution in [2.24, 2.45) is 0 Å². The first kappa shape index (κ1) is 9.39. The van der Waals surface area contributed by atoms with Crippen molar-refractivity contribution < 1.29 is 4.92 Å². The van der Waals surface area contributed by atoms with Gasteiger partial charge in [0.2, 0.25) is 0 Å². The summed E-state index contributed by atoms with van der Waals surface area (Å²) in [5, 5.41) is 11.8. The normalized spacial score (nSPS) is 15.0. The average Bonchev–Trinajstić information content (AvgIpc) is 2.66. The Morgan fingerprint density at radius 1 is 1.25 bits per heavy atom. The number of non-ortho nitro benzene ring substituents is 1. The molecule has 4 nitrogen and oxygen atoms in total. The Morgan fingerprint density at radius 3 is 2.88 bits per heavy atom. The summed E-state index contributed by atoms with van der Waals surface area (Å²) in [5.74, 6) is 0. The van der Waals surface area contributed by atoms with Gasteiger partial charge in [-0.05, 0) is 37.3 Å². The van der Waals surface area contributed by atoms with E-state index in [-0.39, 0.29) is 10.6 Å². The summed E-state index contributed by atoms with van der Waals surface area (Å²) in [4.78, 5) is 13.6. The van der Waals surface area contributed by atoms with E-state index in [9.17, 15) is 10.1 Å². The van der Waals surface area contributed by atoms with Crippen LogP contribution in [0.4, 0.5) is 5.69 Å². The highest BCUT2D eigenvalue weighted by Crippen LogP contribution is 2.30. The van der Waals surface area contributed by atoms with Gasteiger partial charge in [0, 0.05) is 23.2 Å². The van der Waals surface area contributed by atoms with Gasteiger partial charge in [0.25, 0.3) is 5.69 Å². The third-order valence-electron chi connectivity index (χ3n) is 3.29. The first-order valence-electron chi connectivity index (χ1n) is 5.53. The summed E-state index contributed by atoms with van der Waals surface area (Å²) < 4.78 is 0. The Bertz CT molecular complexity index is 572. The number of nitrogens with one attached hydrogen (secondary N) is 1. The smallest absolute Gasteiger partial charge is 0.271 e. The van der Waals surface area contributed by atoms with Crippen LogP contribution in [0.3, 0.4) is 0 Å². The fourth-order valence-electron chi connectivity index (χ4n) is 2.52. The second-order valence-corrected chi connectivity index (χ2v) is 4.28. The lowest BCUT2D eigenvalue weighted by atomic mass is 9.96. The van der Waals surface area contributed by atoms with E-state index < -0.39 is 0 Å². The maximum atomic E-state index is 10.7. The van der Waals surface area contributed by atoms with Crippen molar-refractivity contribution in [3.05, 3.63) is 39.6 Å². The third kappa shape index (κ3) is 1.30. The number of benzene rings is 1. The molecule has 1 aromatic heterocycles. The molecule has 1 aromatic carbocycles. The number of rotatable bonds is 1. The molecular formula is C12H12N2O2. The molecule has 0 spiro atoms. The van der Waals surface area contributed by atoms with E-state index in [1.54, 1.807) is 12.1 Å². The number of aromatic amines is 1.